The second-order valence-electron chi connectivity index (χ2n) is 7.46. The van der Waals surface area contributed by atoms with Crippen molar-refractivity contribution < 1.29 is 9.47 Å². The minimum absolute atomic E-state index is 0.0505. The van der Waals surface area contributed by atoms with E-state index in [1.54, 1.807) is 0 Å². The monoisotopic (exact) mass is 269 g/mol. The topological polar surface area (TPSA) is 30.5 Å². The minimum atomic E-state index is 0.0505. The lowest BCUT2D eigenvalue weighted by molar-refractivity contribution is -0.122. The van der Waals surface area contributed by atoms with Crippen molar-refractivity contribution in [2.75, 3.05) is 26.8 Å². The lowest BCUT2D eigenvalue weighted by Gasteiger charge is -2.45. The van der Waals surface area contributed by atoms with Crippen molar-refractivity contribution in [1.29, 1.82) is 0 Å². The van der Waals surface area contributed by atoms with Gasteiger partial charge in [0.05, 0.1) is 18.3 Å². The molecule has 2 aliphatic rings. The Balaban J connectivity index is 1.94. The van der Waals surface area contributed by atoms with E-state index in [0.717, 1.165) is 32.1 Å². The zero-order chi connectivity index (χ0) is 13.9. The van der Waals surface area contributed by atoms with Crippen molar-refractivity contribution in [2.45, 2.75) is 64.6 Å². The molecule has 1 saturated carbocycles. The highest BCUT2D eigenvalue weighted by molar-refractivity contribution is 4.93. The second kappa shape index (κ2) is 6.11. The van der Waals surface area contributed by atoms with Crippen LogP contribution in [0.2, 0.25) is 0 Å². The summed E-state index contributed by atoms with van der Waals surface area (Å²) < 4.78 is 11.9. The highest BCUT2D eigenvalue weighted by atomic mass is 16.6. The van der Waals surface area contributed by atoms with Crippen LogP contribution in [0.4, 0.5) is 0 Å². The average molecular weight is 269 g/mol. The first-order valence-electron chi connectivity index (χ1n) is 7.85. The normalized spacial score (nSPS) is 36.6. The molecule has 3 nitrogen and oxygen atoms in total. The summed E-state index contributed by atoms with van der Waals surface area (Å²) in [5.41, 5.74) is 0.483. The SMILES string of the molecule is CNCC1(OC2CCOC2)CCC(C(C)(C)C)CC1. The van der Waals surface area contributed by atoms with Crippen molar-refractivity contribution in [3.05, 3.63) is 0 Å². The lowest BCUT2D eigenvalue weighted by Crippen LogP contribution is -2.48. The van der Waals surface area contributed by atoms with Gasteiger partial charge in [0.25, 0.3) is 0 Å². The molecule has 19 heavy (non-hydrogen) atoms. The molecule has 0 bridgehead atoms. The Morgan fingerprint density at radius 1 is 1.21 bits per heavy atom. The molecular weight excluding hydrogens is 238 g/mol. The van der Waals surface area contributed by atoms with Gasteiger partial charge in [-0.2, -0.15) is 0 Å². The van der Waals surface area contributed by atoms with Crippen molar-refractivity contribution in [3.63, 3.8) is 0 Å². The summed E-state index contributed by atoms with van der Waals surface area (Å²) in [6.07, 6.45) is 6.34. The largest absolute Gasteiger partial charge is 0.379 e. The van der Waals surface area contributed by atoms with E-state index in [9.17, 15) is 0 Å². The molecule has 0 amide bonds. The van der Waals surface area contributed by atoms with E-state index < -0.39 is 0 Å². The first kappa shape index (κ1) is 15.3. The Bertz CT molecular complexity index is 271. The summed E-state index contributed by atoms with van der Waals surface area (Å²) in [7, 11) is 2.03. The summed E-state index contributed by atoms with van der Waals surface area (Å²) >= 11 is 0. The summed E-state index contributed by atoms with van der Waals surface area (Å²) in [6, 6.07) is 0. The molecule has 3 heteroatoms. The number of nitrogens with one attached hydrogen (secondary N) is 1. The standard InChI is InChI=1S/C16H31NO2/c1-15(2,3)13-5-8-16(9-6-13,12-17-4)19-14-7-10-18-11-14/h13-14,17H,5-12H2,1-4H3. The van der Waals surface area contributed by atoms with Gasteiger partial charge in [-0.05, 0) is 50.5 Å². The van der Waals surface area contributed by atoms with Gasteiger partial charge in [0.2, 0.25) is 0 Å². The number of hydrogen-bond acceptors (Lipinski definition) is 3. The van der Waals surface area contributed by atoms with E-state index in [1.165, 1.54) is 25.7 Å². The molecule has 0 spiro atoms. The van der Waals surface area contributed by atoms with Gasteiger partial charge >= 0.3 is 0 Å². The summed E-state index contributed by atoms with van der Waals surface area (Å²) in [4.78, 5) is 0. The molecule has 0 aromatic heterocycles. The highest BCUT2D eigenvalue weighted by Crippen LogP contribution is 2.43. The van der Waals surface area contributed by atoms with E-state index in [0.29, 0.717) is 11.5 Å². The summed E-state index contributed by atoms with van der Waals surface area (Å²) in [5, 5.41) is 3.34. The zero-order valence-corrected chi connectivity index (χ0v) is 13.1. The van der Waals surface area contributed by atoms with Crippen molar-refractivity contribution >= 4 is 0 Å². The van der Waals surface area contributed by atoms with Crippen LogP contribution in [0.5, 0.6) is 0 Å². The molecule has 1 N–H and O–H groups in total. The number of hydrogen-bond donors (Lipinski definition) is 1. The number of ether oxygens (including phenoxy) is 2. The van der Waals surface area contributed by atoms with Gasteiger partial charge < -0.3 is 14.8 Å². The van der Waals surface area contributed by atoms with Gasteiger partial charge in [-0.3, -0.25) is 0 Å². The Kier molecular flexibility index (Phi) is 4.91. The van der Waals surface area contributed by atoms with Crippen molar-refractivity contribution in [3.8, 4) is 0 Å². The van der Waals surface area contributed by atoms with Gasteiger partial charge in [-0.15, -0.1) is 0 Å². The maximum Gasteiger partial charge on any atom is 0.0838 e. The van der Waals surface area contributed by atoms with Gasteiger partial charge in [-0.25, -0.2) is 0 Å². The molecular formula is C16H31NO2. The van der Waals surface area contributed by atoms with Crippen LogP contribution in [-0.2, 0) is 9.47 Å². The van der Waals surface area contributed by atoms with Crippen LogP contribution in [0.25, 0.3) is 0 Å². The molecule has 0 aromatic carbocycles. The maximum absolute atomic E-state index is 6.45. The van der Waals surface area contributed by atoms with Crippen LogP contribution in [-0.4, -0.2) is 38.5 Å². The van der Waals surface area contributed by atoms with Crippen molar-refractivity contribution in [2.24, 2.45) is 11.3 Å². The fourth-order valence-electron chi connectivity index (χ4n) is 3.63. The summed E-state index contributed by atoms with van der Waals surface area (Å²) in [6.45, 7) is 9.73. The molecule has 0 radical (unpaired) electrons. The van der Waals surface area contributed by atoms with Crippen LogP contribution in [0.1, 0.15) is 52.9 Å². The molecule has 1 aliphatic heterocycles. The van der Waals surface area contributed by atoms with Crippen LogP contribution >= 0.6 is 0 Å². The van der Waals surface area contributed by atoms with Crippen LogP contribution in [0.15, 0.2) is 0 Å². The Morgan fingerprint density at radius 2 is 1.89 bits per heavy atom. The molecule has 1 aliphatic carbocycles. The molecule has 1 unspecified atom stereocenters. The quantitative estimate of drug-likeness (QED) is 0.851. The predicted molar refractivity (Wildman–Crippen MR) is 78.4 cm³/mol. The Labute approximate surface area is 118 Å². The molecule has 0 aromatic rings. The third kappa shape index (κ3) is 3.93. The van der Waals surface area contributed by atoms with Gasteiger partial charge in [-0.1, -0.05) is 20.8 Å². The van der Waals surface area contributed by atoms with E-state index in [4.69, 9.17) is 9.47 Å². The molecule has 112 valence electrons. The third-order valence-electron chi connectivity index (χ3n) is 4.93. The lowest BCUT2D eigenvalue weighted by atomic mass is 9.68. The zero-order valence-electron chi connectivity index (χ0n) is 13.1. The molecule has 1 saturated heterocycles. The third-order valence-corrected chi connectivity index (χ3v) is 4.93. The fourth-order valence-corrected chi connectivity index (χ4v) is 3.63. The van der Waals surface area contributed by atoms with E-state index in [-0.39, 0.29) is 5.60 Å². The fraction of sp³-hybridized carbons (Fsp3) is 1.00. The van der Waals surface area contributed by atoms with Crippen molar-refractivity contribution in [1.82, 2.24) is 5.32 Å². The first-order chi connectivity index (χ1) is 8.95. The summed E-state index contributed by atoms with van der Waals surface area (Å²) in [5.74, 6) is 0.834. The number of likely N-dealkylation sites (N-methyl/N-ethyl adjacent to an activating group) is 1. The highest BCUT2D eigenvalue weighted by Gasteiger charge is 2.41. The first-order valence-corrected chi connectivity index (χ1v) is 7.85. The molecule has 2 fully saturated rings. The van der Waals surface area contributed by atoms with Crippen LogP contribution < -0.4 is 5.32 Å². The Morgan fingerprint density at radius 3 is 2.37 bits per heavy atom. The van der Waals surface area contributed by atoms with E-state index >= 15 is 0 Å². The van der Waals surface area contributed by atoms with E-state index in [2.05, 4.69) is 26.1 Å². The predicted octanol–water partition coefficient (Wildman–Crippen LogP) is 2.99. The van der Waals surface area contributed by atoms with Crippen LogP contribution in [0, 0.1) is 11.3 Å². The van der Waals surface area contributed by atoms with Gasteiger partial charge in [0.1, 0.15) is 0 Å². The molecule has 2 rings (SSSR count). The smallest absolute Gasteiger partial charge is 0.0838 e. The second-order valence-corrected chi connectivity index (χ2v) is 7.46. The number of rotatable bonds is 4. The van der Waals surface area contributed by atoms with Crippen LogP contribution in [0.3, 0.4) is 0 Å². The van der Waals surface area contributed by atoms with Gasteiger partial charge in [0.15, 0.2) is 0 Å². The minimum Gasteiger partial charge on any atom is -0.379 e. The van der Waals surface area contributed by atoms with Gasteiger partial charge in [0, 0.05) is 13.2 Å². The molecule has 1 heterocycles. The molecule has 1 atom stereocenters. The maximum atomic E-state index is 6.45. The average Bonchev–Trinajstić information content (AvgIpc) is 2.81. The Hall–Kier alpha value is -0.120. The van der Waals surface area contributed by atoms with E-state index in [1.807, 2.05) is 7.05 Å².